The van der Waals surface area contributed by atoms with Crippen LogP contribution in [0, 0.1) is 11.8 Å². The minimum absolute atomic E-state index is 0.109. The van der Waals surface area contributed by atoms with Crippen LogP contribution < -0.4 is 0 Å². The number of alkyl halides is 2. The lowest BCUT2D eigenvalue weighted by Crippen LogP contribution is -2.19. The molecule has 0 aliphatic carbocycles. The largest absolute Gasteiger partial charge is 0.381 e. The molecule has 2 unspecified atom stereocenters. The molecule has 0 aromatic heterocycles. The molecule has 80 valence electrons. The molecule has 0 N–H and O–H groups in total. The Labute approximate surface area is 79.5 Å². The SMILES string of the molecule is CC.CC1CCOCCC1C(F)F. The molecule has 1 aliphatic rings. The van der Waals surface area contributed by atoms with Crippen LogP contribution in [0.2, 0.25) is 0 Å². The van der Waals surface area contributed by atoms with Crippen LogP contribution in [0.3, 0.4) is 0 Å². The van der Waals surface area contributed by atoms with Gasteiger partial charge in [-0.15, -0.1) is 0 Å². The van der Waals surface area contributed by atoms with Gasteiger partial charge in [-0.1, -0.05) is 20.8 Å². The summed E-state index contributed by atoms with van der Waals surface area (Å²) >= 11 is 0. The van der Waals surface area contributed by atoms with Gasteiger partial charge in [-0.3, -0.25) is 0 Å². The number of rotatable bonds is 1. The number of hydrogen-bond acceptors (Lipinski definition) is 1. The summed E-state index contributed by atoms with van der Waals surface area (Å²) in [6, 6.07) is 0. The molecule has 1 rings (SSSR count). The molecule has 1 fully saturated rings. The Morgan fingerprint density at radius 1 is 1.15 bits per heavy atom. The van der Waals surface area contributed by atoms with E-state index in [9.17, 15) is 8.78 Å². The molecule has 2 atom stereocenters. The van der Waals surface area contributed by atoms with Gasteiger partial charge in [-0.05, 0) is 18.8 Å². The Hall–Kier alpha value is -0.180. The van der Waals surface area contributed by atoms with E-state index < -0.39 is 12.3 Å². The van der Waals surface area contributed by atoms with Crippen molar-refractivity contribution in [2.75, 3.05) is 13.2 Å². The zero-order valence-corrected chi connectivity index (χ0v) is 8.72. The highest BCUT2D eigenvalue weighted by Crippen LogP contribution is 2.27. The summed E-state index contributed by atoms with van der Waals surface area (Å²) in [6.07, 6.45) is -0.889. The van der Waals surface area contributed by atoms with Crippen LogP contribution in [0.25, 0.3) is 0 Å². The molecule has 0 spiro atoms. The fraction of sp³-hybridized carbons (Fsp3) is 1.00. The molecule has 0 bridgehead atoms. The number of ether oxygens (including phenoxy) is 1. The summed E-state index contributed by atoms with van der Waals surface area (Å²) < 4.78 is 29.7. The molecule has 0 amide bonds. The van der Waals surface area contributed by atoms with Gasteiger partial charge in [-0.25, -0.2) is 8.78 Å². The maximum Gasteiger partial charge on any atom is 0.241 e. The highest BCUT2D eigenvalue weighted by atomic mass is 19.3. The Kier molecular flexibility index (Phi) is 7.14. The van der Waals surface area contributed by atoms with Crippen molar-refractivity contribution in [2.24, 2.45) is 11.8 Å². The van der Waals surface area contributed by atoms with E-state index in [4.69, 9.17) is 4.74 Å². The van der Waals surface area contributed by atoms with Crippen LogP contribution >= 0.6 is 0 Å². The summed E-state index contributed by atoms with van der Waals surface area (Å²) in [5.41, 5.74) is 0. The Balaban J connectivity index is 0.000000671. The lowest BCUT2D eigenvalue weighted by atomic mass is 9.90. The predicted octanol–water partition coefficient (Wildman–Crippen LogP) is 3.34. The van der Waals surface area contributed by atoms with Crippen molar-refractivity contribution >= 4 is 0 Å². The van der Waals surface area contributed by atoms with Crippen LogP contribution in [0.15, 0.2) is 0 Å². The van der Waals surface area contributed by atoms with Crippen molar-refractivity contribution < 1.29 is 13.5 Å². The molecule has 1 saturated heterocycles. The van der Waals surface area contributed by atoms with E-state index in [1.807, 2.05) is 20.8 Å². The first-order valence-electron chi connectivity index (χ1n) is 5.07. The van der Waals surface area contributed by atoms with E-state index in [-0.39, 0.29) is 5.92 Å². The van der Waals surface area contributed by atoms with Gasteiger partial charge in [0.25, 0.3) is 0 Å². The molecular formula is C10H20F2O. The van der Waals surface area contributed by atoms with Gasteiger partial charge in [0.15, 0.2) is 0 Å². The Morgan fingerprint density at radius 3 is 2.23 bits per heavy atom. The van der Waals surface area contributed by atoms with E-state index in [1.54, 1.807) is 0 Å². The topological polar surface area (TPSA) is 9.23 Å². The lowest BCUT2D eigenvalue weighted by Gasteiger charge is -2.18. The minimum atomic E-state index is -2.17. The van der Waals surface area contributed by atoms with Gasteiger partial charge < -0.3 is 4.74 Å². The Bertz CT molecular complexity index is 117. The summed E-state index contributed by atoms with van der Waals surface area (Å²) in [7, 11) is 0. The zero-order valence-electron chi connectivity index (χ0n) is 8.72. The molecule has 0 aromatic carbocycles. The monoisotopic (exact) mass is 194 g/mol. The van der Waals surface area contributed by atoms with Gasteiger partial charge in [0.05, 0.1) is 0 Å². The van der Waals surface area contributed by atoms with Crippen LogP contribution in [-0.4, -0.2) is 19.6 Å². The van der Waals surface area contributed by atoms with Crippen LogP contribution in [-0.2, 0) is 4.74 Å². The van der Waals surface area contributed by atoms with Crippen LogP contribution in [0.1, 0.15) is 33.6 Å². The average molecular weight is 194 g/mol. The standard InChI is InChI=1S/C8H14F2O.C2H6/c1-6-2-4-11-5-3-7(6)8(9)10;1-2/h6-8H,2-5H2,1H3;1-2H3. The molecule has 1 nitrogen and oxygen atoms in total. The number of halogens is 2. The van der Waals surface area contributed by atoms with E-state index in [0.717, 1.165) is 6.42 Å². The molecule has 0 radical (unpaired) electrons. The van der Waals surface area contributed by atoms with Crippen molar-refractivity contribution in [3.05, 3.63) is 0 Å². The van der Waals surface area contributed by atoms with Gasteiger partial charge in [0.2, 0.25) is 6.43 Å². The van der Waals surface area contributed by atoms with Gasteiger partial charge in [0.1, 0.15) is 0 Å². The molecule has 0 saturated carbocycles. The smallest absolute Gasteiger partial charge is 0.241 e. The maximum absolute atomic E-state index is 12.3. The van der Waals surface area contributed by atoms with E-state index in [0.29, 0.717) is 19.6 Å². The van der Waals surface area contributed by atoms with Crippen molar-refractivity contribution in [3.8, 4) is 0 Å². The molecular weight excluding hydrogens is 174 g/mol. The van der Waals surface area contributed by atoms with Crippen molar-refractivity contribution in [1.29, 1.82) is 0 Å². The fourth-order valence-electron chi connectivity index (χ4n) is 1.46. The third-order valence-electron chi connectivity index (χ3n) is 2.37. The fourth-order valence-corrected chi connectivity index (χ4v) is 1.46. The second-order valence-corrected chi connectivity index (χ2v) is 3.17. The summed E-state index contributed by atoms with van der Waals surface area (Å²) in [5, 5.41) is 0. The van der Waals surface area contributed by atoms with E-state index in [1.165, 1.54) is 0 Å². The molecule has 1 aliphatic heterocycles. The van der Waals surface area contributed by atoms with Crippen LogP contribution in [0.5, 0.6) is 0 Å². The van der Waals surface area contributed by atoms with Crippen molar-refractivity contribution in [3.63, 3.8) is 0 Å². The highest BCUT2D eigenvalue weighted by molar-refractivity contribution is 4.70. The lowest BCUT2D eigenvalue weighted by molar-refractivity contribution is 0.0426. The predicted molar refractivity (Wildman–Crippen MR) is 50.1 cm³/mol. The normalized spacial score (nSPS) is 29.1. The molecule has 1 heterocycles. The second kappa shape index (κ2) is 7.25. The average Bonchev–Trinajstić information content (AvgIpc) is 2.33. The quantitative estimate of drug-likeness (QED) is 0.622. The highest BCUT2D eigenvalue weighted by Gasteiger charge is 2.27. The first-order valence-corrected chi connectivity index (χ1v) is 5.07. The van der Waals surface area contributed by atoms with Gasteiger partial charge in [0, 0.05) is 19.1 Å². The molecule has 0 aromatic rings. The third-order valence-corrected chi connectivity index (χ3v) is 2.37. The first kappa shape index (κ1) is 12.8. The molecule has 3 heteroatoms. The summed E-state index contributed by atoms with van der Waals surface area (Å²) in [6.45, 7) is 7.02. The van der Waals surface area contributed by atoms with E-state index >= 15 is 0 Å². The number of hydrogen-bond donors (Lipinski definition) is 0. The van der Waals surface area contributed by atoms with Crippen molar-refractivity contribution in [1.82, 2.24) is 0 Å². The maximum atomic E-state index is 12.3. The zero-order chi connectivity index (χ0) is 10.3. The van der Waals surface area contributed by atoms with Gasteiger partial charge >= 0.3 is 0 Å². The first-order chi connectivity index (χ1) is 6.22. The van der Waals surface area contributed by atoms with Crippen molar-refractivity contribution in [2.45, 2.75) is 40.0 Å². The minimum Gasteiger partial charge on any atom is -0.381 e. The second-order valence-electron chi connectivity index (χ2n) is 3.17. The van der Waals surface area contributed by atoms with E-state index in [2.05, 4.69) is 0 Å². The van der Waals surface area contributed by atoms with Crippen LogP contribution in [0.4, 0.5) is 8.78 Å². The third kappa shape index (κ3) is 4.55. The Morgan fingerprint density at radius 2 is 1.69 bits per heavy atom. The summed E-state index contributed by atoms with van der Waals surface area (Å²) in [4.78, 5) is 0. The summed E-state index contributed by atoms with van der Waals surface area (Å²) in [5.74, 6) is -0.338. The molecule has 13 heavy (non-hydrogen) atoms. The van der Waals surface area contributed by atoms with Gasteiger partial charge in [-0.2, -0.15) is 0 Å².